The Labute approximate surface area is 316 Å². The number of hydrogen-bond donors (Lipinski definition) is 1. The molecule has 3 saturated heterocycles. The molecule has 0 radical (unpaired) electrons. The summed E-state index contributed by atoms with van der Waals surface area (Å²) < 4.78 is 38.7. The van der Waals surface area contributed by atoms with Gasteiger partial charge in [0.05, 0.1) is 9.81 Å². The fraction of sp³-hybridized carbons (Fsp3) is 0.343. The highest BCUT2D eigenvalue weighted by Gasteiger charge is 2.30. The summed E-state index contributed by atoms with van der Waals surface area (Å²) in [6, 6.07) is 7.71. The molecular weight excluding hydrogens is 751 g/mol. The molecule has 0 saturated carbocycles. The predicted molar refractivity (Wildman–Crippen MR) is 200 cm³/mol. The van der Waals surface area contributed by atoms with Crippen molar-refractivity contribution >= 4 is 86.9 Å². The molecule has 0 aliphatic carbocycles. The number of carbonyl (C=O) groups is 5. The summed E-state index contributed by atoms with van der Waals surface area (Å²) in [6.45, 7) is 3.07. The Bertz CT molecular complexity index is 1940. The second-order valence-electron chi connectivity index (χ2n) is 12.1. The van der Waals surface area contributed by atoms with E-state index in [0.29, 0.717) is 76.0 Å². The molecule has 18 heteroatoms. The van der Waals surface area contributed by atoms with Crippen LogP contribution in [0.15, 0.2) is 56.2 Å². The molecule has 5 heterocycles. The van der Waals surface area contributed by atoms with Gasteiger partial charge in [0, 0.05) is 62.4 Å². The number of aliphatic imine (C=N–C) groups is 2. The second-order valence-corrected chi connectivity index (χ2v) is 15.2. The smallest absolute Gasteiger partial charge is 0.409 e. The largest absolute Gasteiger partial charge is 0.415 e. The van der Waals surface area contributed by atoms with Gasteiger partial charge in [0.2, 0.25) is 5.91 Å². The van der Waals surface area contributed by atoms with Gasteiger partial charge in [0.25, 0.3) is 11.8 Å². The monoisotopic (exact) mass is 784 g/mol. The molecule has 1 N–H and O–H groups in total. The van der Waals surface area contributed by atoms with Gasteiger partial charge in [-0.3, -0.25) is 24.8 Å². The van der Waals surface area contributed by atoms with Gasteiger partial charge in [0.1, 0.15) is 27.5 Å². The molecule has 2 aromatic carbocycles. The number of amidine groups is 1. The molecule has 3 fully saturated rings. The van der Waals surface area contributed by atoms with E-state index in [-0.39, 0.29) is 23.3 Å². The normalized spacial score (nSPS) is 20.1. The Kier molecular flexibility index (Phi) is 12.5. The molecule has 5 amide bonds. The molecule has 0 atom stereocenters. The van der Waals surface area contributed by atoms with E-state index >= 15 is 0 Å². The van der Waals surface area contributed by atoms with Crippen molar-refractivity contribution in [2.75, 3.05) is 39.0 Å². The number of hydrazine groups is 1. The van der Waals surface area contributed by atoms with Crippen molar-refractivity contribution in [1.29, 1.82) is 0 Å². The van der Waals surface area contributed by atoms with Crippen molar-refractivity contribution in [2.24, 2.45) is 9.98 Å². The fourth-order valence-corrected chi connectivity index (χ4v) is 7.93. The molecule has 5 aliphatic rings. The van der Waals surface area contributed by atoms with E-state index < -0.39 is 29.7 Å². The summed E-state index contributed by atoms with van der Waals surface area (Å²) in [5.41, 5.74) is 3.55. The van der Waals surface area contributed by atoms with Crippen molar-refractivity contribution in [3.05, 3.63) is 69.0 Å². The Morgan fingerprint density at radius 2 is 1.26 bits per heavy atom. The molecule has 0 aromatic heterocycles. The minimum absolute atomic E-state index is 0.0440. The standard InChI is InChI=1S/C19H19FN4O4S.C16H15FN2O3S2/c20-13-6-5-12(14(11-13)28-19(27)23-7-1-2-8-23)10-15-17(26)21-18(29-15)24-9-3-4-16(25)22-24;1-23-15-18-14(20)13(24-15)8-10-4-5-11(17)9-12(10)22-16(21)19-6-2-3-7-19/h5-6,10-11H,1-4,7-9H2,(H,22,25);4-5,8-9H,2-3,6-7H2,1H3/b15-10+;13-8+. The Morgan fingerprint density at radius 1 is 0.755 bits per heavy atom. The third kappa shape index (κ3) is 9.85. The first-order chi connectivity index (χ1) is 25.6. The molecule has 0 unspecified atom stereocenters. The summed E-state index contributed by atoms with van der Waals surface area (Å²) in [4.78, 5) is 72.0. The van der Waals surface area contributed by atoms with E-state index in [4.69, 9.17) is 9.47 Å². The average Bonchev–Trinajstić information content (AvgIpc) is 3.97. The van der Waals surface area contributed by atoms with Crippen LogP contribution in [0.4, 0.5) is 18.4 Å². The average molecular weight is 785 g/mol. The lowest BCUT2D eigenvalue weighted by Gasteiger charge is -2.27. The van der Waals surface area contributed by atoms with Gasteiger partial charge in [-0.2, -0.15) is 9.98 Å². The van der Waals surface area contributed by atoms with E-state index in [9.17, 15) is 32.8 Å². The number of carbonyl (C=O) groups excluding carboxylic acids is 5. The third-order valence-electron chi connectivity index (χ3n) is 8.31. The van der Waals surface area contributed by atoms with Crippen LogP contribution in [0.25, 0.3) is 12.2 Å². The number of amides is 5. The SMILES string of the molecule is CSC1=NC(=O)/C(=C\c2ccc(F)cc2OC(=O)N2CCCC2)S1.O=C1CCCN(C2=NC(=O)/C(=C\c3ccc(F)cc3OC(=O)N3CCCC3)S2)N1. The zero-order chi connectivity index (χ0) is 37.5. The highest BCUT2D eigenvalue weighted by Crippen LogP contribution is 2.35. The van der Waals surface area contributed by atoms with Crippen LogP contribution in [0.1, 0.15) is 49.7 Å². The van der Waals surface area contributed by atoms with E-state index in [2.05, 4.69) is 15.4 Å². The Balaban J connectivity index is 0.000000185. The Morgan fingerprint density at radius 3 is 1.75 bits per heavy atom. The maximum atomic E-state index is 13.7. The molecule has 5 aliphatic heterocycles. The number of likely N-dealkylation sites (tertiary alicyclic amines) is 2. The number of hydrogen-bond acceptors (Lipinski definition) is 11. The minimum Gasteiger partial charge on any atom is -0.409 e. The maximum Gasteiger partial charge on any atom is 0.415 e. The molecule has 13 nitrogen and oxygen atoms in total. The quantitative estimate of drug-likeness (QED) is 0.350. The summed E-state index contributed by atoms with van der Waals surface area (Å²) in [6.07, 6.45) is 8.70. The van der Waals surface area contributed by atoms with Gasteiger partial charge in [-0.25, -0.2) is 18.4 Å². The van der Waals surface area contributed by atoms with Crippen LogP contribution in [0.2, 0.25) is 0 Å². The van der Waals surface area contributed by atoms with Crippen molar-refractivity contribution < 1.29 is 42.2 Å². The summed E-state index contributed by atoms with van der Waals surface area (Å²) in [5, 5.41) is 1.93. The first-order valence-corrected chi connectivity index (χ1v) is 19.6. The Hall–Kier alpha value is -4.68. The number of nitrogens with zero attached hydrogens (tertiary/aromatic N) is 5. The highest BCUT2D eigenvalue weighted by molar-refractivity contribution is 8.40. The van der Waals surface area contributed by atoms with Crippen LogP contribution in [0.5, 0.6) is 11.5 Å². The van der Waals surface area contributed by atoms with Crippen molar-refractivity contribution in [2.45, 2.75) is 38.5 Å². The van der Waals surface area contributed by atoms with Crippen LogP contribution < -0.4 is 14.9 Å². The lowest BCUT2D eigenvalue weighted by molar-refractivity contribution is -0.126. The molecule has 278 valence electrons. The van der Waals surface area contributed by atoms with E-state index in [1.807, 2.05) is 6.26 Å². The van der Waals surface area contributed by atoms with Crippen molar-refractivity contribution in [3.8, 4) is 11.5 Å². The molecule has 2 aromatic rings. The first-order valence-electron chi connectivity index (χ1n) is 16.7. The number of ether oxygens (including phenoxy) is 2. The molecule has 0 bridgehead atoms. The third-order valence-corrected chi connectivity index (χ3v) is 11.3. The zero-order valence-corrected chi connectivity index (χ0v) is 30.9. The van der Waals surface area contributed by atoms with Gasteiger partial charge in [-0.05, 0) is 86.5 Å². The van der Waals surface area contributed by atoms with Crippen LogP contribution in [-0.4, -0.2) is 93.2 Å². The van der Waals surface area contributed by atoms with Gasteiger partial charge in [0.15, 0.2) is 5.17 Å². The molecule has 53 heavy (non-hydrogen) atoms. The first kappa shape index (κ1) is 38.1. The molecule has 7 rings (SSSR count). The van der Waals surface area contributed by atoms with Crippen LogP contribution >= 0.6 is 35.3 Å². The number of benzene rings is 2. The fourth-order valence-electron chi connectivity index (χ4n) is 5.62. The van der Waals surface area contributed by atoms with Gasteiger partial charge < -0.3 is 19.3 Å². The van der Waals surface area contributed by atoms with Crippen LogP contribution in [0.3, 0.4) is 0 Å². The minimum atomic E-state index is -0.547. The van der Waals surface area contributed by atoms with Gasteiger partial charge >= 0.3 is 12.2 Å². The van der Waals surface area contributed by atoms with Gasteiger partial charge in [-0.1, -0.05) is 11.8 Å². The topological polar surface area (TPSA) is 150 Å². The molecular formula is C35H34F2N6O7S3. The molecule has 0 spiro atoms. The predicted octanol–water partition coefficient (Wildman–Crippen LogP) is 6.27. The van der Waals surface area contributed by atoms with Crippen molar-refractivity contribution in [3.63, 3.8) is 0 Å². The number of halogens is 2. The zero-order valence-electron chi connectivity index (χ0n) is 28.5. The lowest BCUT2D eigenvalue weighted by atomic mass is 10.2. The highest BCUT2D eigenvalue weighted by atomic mass is 32.2. The van der Waals surface area contributed by atoms with Gasteiger partial charge in [-0.15, -0.1) is 11.8 Å². The van der Waals surface area contributed by atoms with Crippen LogP contribution in [-0.2, 0) is 14.4 Å². The van der Waals surface area contributed by atoms with Crippen LogP contribution in [0, 0.1) is 11.6 Å². The lowest BCUT2D eigenvalue weighted by Crippen LogP contribution is -2.48. The van der Waals surface area contributed by atoms with E-state index in [1.54, 1.807) is 20.9 Å². The summed E-state index contributed by atoms with van der Waals surface area (Å²) in [7, 11) is 0. The van der Waals surface area contributed by atoms with E-state index in [1.165, 1.54) is 53.9 Å². The number of rotatable bonds is 4. The maximum absolute atomic E-state index is 13.7. The summed E-state index contributed by atoms with van der Waals surface area (Å²) >= 11 is 3.74. The van der Waals surface area contributed by atoms with Crippen molar-refractivity contribution in [1.82, 2.24) is 20.2 Å². The number of thioether (sulfide) groups is 3. The number of nitrogens with one attached hydrogen (secondary N) is 1. The second kappa shape index (κ2) is 17.4. The van der Waals surface area contributed by atoms with E-state index in [0.717, 1.165) is 49.6 Å². The summed E-state index contributed by atoms with van der Waals surface area (Å²) in [5.74, 6) is -1.84.